The fourth-order valence-corrected chi connectivity index (χ4v) is 0.855. The van der Waals surface area contributed by atoms with Crippen molar-refractivity contribution in [2.45, 2.75) is 32.6 Å². The molecule has 0 atom stereocenters. The van der Waals surface area contributed by atoms with Gasteiger partial charge in [0.1, 0.15) is 0 Å². The van der Waals surface area contributed by atoms with E-state index < -0.39 is 0 Å². The van der Waals surface area contributed by atoms with Crippen LogP contribution in [-0.2, 0) is 4.79 Å². The van der Waals surface area contributed by atoms with E-state index in [9.17, 15) is 4.79 Å². The number of ketones is 1. The average Bonchev–Trinajstić information content (AvgIpc) is 1.98. The number of hydrogen-bond donors (Lipinski definition) is 0. The van der Waals surface area contributed by atoms with Crippen molar-refractivity contribution < 1.29 is 9.58 Å². The Kier molecular flexibility index (Phi) is 5.84. The minimum atomic E-state index is -0.126. The zero-order valence-electron chi connectivity index (χ0n) is 7.42. The van der Waals surface area contributed by atoms with Gasteiger partial charge in [0.15, 0.2) is 0 Å². The lowest BCUT2D eigenvalue weighted by molar-refractivity contribution is -0.116. The molecule has 3 heteroatoms. The number of unbranched alkanes of at least 4 members (excludes halogenated alkanes) is 1. The Morgan fingerprint density at radius 2 is 2.08 bits per heavy atom. The van der Waals surface area contributed by atoms with E-state index in [1.165, 1.54) is 0 Å². The van der Waals surface area contributed by atoms with Crippen LogP contribution in [0.1, 0.15) is 32.6 Å². The number of nitrogens with zero attached hydrogens (tertiary/aromatic N) is 2. The highest BCUT2D eigenvalue weighted by atomic mass is 16.1. The second-order valence-electron chi connectivity index (χ2n) is 2.88. The van der Waals surface area contributed by atoms with Crippen LogP contribution in [0.15, 0.2) is 12.2 Å². The van der Waals surface area contributed by atoms with E-state index in [1.807, 2.05) is 6.92 Å². The zero-order chi connectivity index (χ0) is 9.40. The third kappa shape index (κ3) is 6.90. The summed E-state index contributed by atoms with van der Waals surface area (Å²) in [5, 5.41) is 0. The zero-order valence-corrected chi connectivity index (χ0v) is 7.42. The van der Waals surface area contributed by atoms with Gasteiger partial charge in [0.25, 0.3) is 0 Å². The third-order valence-corrected chi connectivity index (χ3v) is 1.48. The lowest BCUT2D eigenvalue weighted by Crippen LogP contribution is -1.99. The minimum absolute atomic E-state index is 0.126. The fourth-order valence-electron chi connectivity index (χ4n) is 0.855. The molecule has 0 aromatic heterocycles. The van der Waals surface area contributed by atoms with Gasteiger partial charge in [-0.1, -0.05) is 5.57 Å². The van der Waals surface area contributed by atoms with Crippen molar-refractivity contribution in [2.24, 2.45) is 0 Å². The standard InChI is InChI=1S/C9H14N2O/c1-8(2)5-3-4-6-9(12)7-11-10/h7H,1,3-6H2,2H3. The second-order valence-corrected chi connectivity index (χ2v) is 2.88. The molecule has 0 aliphatic rings. The molecule has 0 aliphatic carbocycles. The number of Topliss-reactive ketones (excluding diaryl/α,β-unsaturated/α-hetero) is 1. The average molecular weight is 166 g/mol. The van der Waals surface area contributed by atoms with Crippen molar-refractivity contribution >= 4 is 12.0 Å². The van der Waals surface area contributed by atoms with Crippen LogP contribution in [0.4, 0.5) is 0 Å². The maximum absolute atomic E-state index is 10.8. The van der Waals surface area contributed by atoms with Crippen molar-refractivity contribution in [3.63, 3.8) is 0 Å². The van der Waals surface area contributed by atoms with Gasteiger partial charge in [-0.05, 0) is 26.2 Å². The van der Waals surface area contributed by atoms with Gasteiger partial charge in [0.05, 0.1) is 0 Å². The normalized spacial score (nSPS) is 8.75. The molecule has 0 rings (SSSR count). The molecular formula is C9H14N2O. The Morgan fingerprint density at radius 1 is 1.50 bits per heavy atom. The smallest absolute Gasteiger partial charge is 0.323 e. The molecule has 0 saturated heterocycles. The Hall–Kier alpha value is -1.21. The van der Waals surface area contributed by atoms with Gasteiger partial charge in [-0.3, -0.25) is 4.79 Å². The molecular weight excluding hydrogens is 152 g/mol. The summed E-state index contributed by atoms with van der Waals surface area (Å²) in [7, 11) is 0. The van der Waals surface area contributed by atoms with E-state index in [0.717, 1.165) is 31.1 Å². The minimum Gasteiger partial charge on any atom is -0.361 e. The molecule has 0 radical (unpaired) electrons. The van der Waals surface area contributed by atoms with Crippen LogP contribution < -0.4 is 0 Å². The SMILES string of the molecule is C=C(C)CCCCC(=O)C=[N+]=[N-]. The highest BCUT2D eigenvalue weighted by Crippen LogP contribution is 2.05. The van der Waals surface area contributed by atoms with Gasteiger partial charge in [-0.2, -0.15) is 4.79 Å². The molecule has 0 spiro atoms. The van der Waals surface area contributed by atoms with Crippen molar-refractivity contribution in [3.8, 4) is 0 Å². The van der Waals surface area contributed by atoms with Crippen molar-refractivity contribution in [3.05, 3.63) is 17.7 Å². The summed E-state index contributed by atoms with van der Waals surface area (Å²) in [6.45, 7) is 5.73. The predicted molar refractivity (Wildman–Crippen MR) is 48.0 cm³/mol. The summed E-state index contributed by atoms with van der Waals surface area (Å²) in [4.78, 5) is 13.4. The van der Waals surface area contributed by atoms with Crippen LogP contribution in [0.5, 0.6) is 0 Å². The summed E-state index contributed by atoms with van der Waals surface area (Å²) < 4.78 is 0. The van der Waals surface area contributed by atoms with Crippen LogP contribution in [0, 0.1) is 0 Å². The van der Waals surface area contributed by atoms with E-state index in [1.54, 1.807) is 0 Å². The second kappa shape index (κ2) is 6.50. The van der Waals surface area contributed by atoms with Gasteiger partial charge in [-0.25, -0.2) is 0 Å². The Bertz CT molecular complexity index is 215. The van der Waals surface area contributed by atoms with E-state index >= 15 is 0 Å². The first-order chi connectivity index (χ1) is 5.66. The largest absolute Gasteiger partial charge is 0.361 e. The van der Waals surface area contributed by atoms with Gasteiger partial charge < -0.3 is 5.53 Å². The molecule has 0 aliphatic heterocycles. The van der Waals surface area contributed by atoms with Gasteiger partial charge in [-0.15, -0.1) is 6.58 Å². The molecule has 0 bridgehead atoms. The summed E-state index contributed by atoms with van der Waals surface area (Å²) in [5.74, 6) is -0.126. The number of allylic oxidation sites excluding steroid dienone is 1. The number of carbonyl (C=O) groups is 1. The number of rotatable bonds is 6. The highest BCUT2D eigenvalue weighted by Gasteiger charge is 2.00. The first kappa shape index (κ1) is 10.8. The monoisotopic (exact) mass is 166 g/mol. The summed E-state index contributed by atoms with van der Waals surface area (Å²) in [6, 6.07) is 0. The van der Waals surface area contributed by atoms with E-state index in [-0.39, 0.29) is 5.78 Å². The highest BCUT2D eigenvalue weighted by molar-refractivity contribution is 6.25. The summed E-state index contributed by atoms with van der Waals surface area (Å²) in [6.07, 6.45) is 4.17. The maximum Gasteiger partial charge on any atom is 0.323 e. The molecule has 0 aromatic rings. The quantitative estimate of drug-likeness (QED) is 0.196. The van der Waals surface area contributed by atoms with Gasteiger partial charge in [0.2, 0.25) is 5.78 Å². The van der Waals surface area contributed by atoms with Gasteiger partial charge in [0, 0.05) is 6.42 Å². The van der Waals surface area contributed by atoms with Crippen LogP contribution in [-0.4, -0.2) is 16.8 Å². The Balaban J connectivity index is 3.37. The first-order valence-electron chi connectivity index (χ1n) is 4.01. The fraction of sp³-hybridized carbons (Fsp3) is 0.556. The lowest BCUT2D eigenvalue weighted by atomic mass is 10.1. The number of hydrogen-bond acceptors (Lipinski definition) is 1. The molecule has 0 amide bonds. The lowest BCUT2D eigenvalue weighted by Gasteiger charge is -1.95. The van der Waals surface area contributed by atoms with Gasteiger partial charge >= 0.3 is 6.21 Å². The number of carbonyl (C=O) groups excluding carboxylic acids is 1. The van der Waals surface area contributed by atoms with E-state index in [0.29, 0.717) is 6.42 Å². The van der Waals surface area contributed by atoms with Crippen molar-refractivity contribution in [1.82, 2.24) is 0 Å². The van der Waals surface area contributed by atoms with E-state index in [4.69, 9.17) is 5.53 Å². The summed E-state index contributed by atoms with van der Waals surface area (Å²) in [5.41, 5.74) is 9.15. The Labute approximate surface area is 72.7 Å². The molecule has 0 fully saturated rings. The van der Waals surface area contributed by atoms with Crippen LogP contribution in [0.3, 0.4) is 0 Å². The molecule has 0 unspecified atom stereocenters. The van der Waals surface area contributed by atoms with Crippen LogP contribution in [0.25, 0.3) is 5.53 Å². The first-order valence-corrected chi connectivity index (χ1v) is 4.01. The molecule has 0 heterocycles. The van der Waals surface area contributed by atoms with E-state index in [2.05, 4.69) is 11.4 Å². The van der Waals surface area contributed by atoms with Crippen LogP contribution >= 0.6 is 0 Å². The molecule has 0 N–H and O–H groups in total. The molecule has 66 valence electrons. The molecule has 0 saturated carbocycles. The molecule has 3 nitrogen and oxygen atoms in total. The predicted octanol–water partition coefficient (Wildman–Crippen LogP) is 1.99. The third-order valence-electron chi connectivity index (χ3n) is 1.48. The summed E-state index contributed by atoms with van der Waals surface area (Å²) >= 11 is 0. The van der Waals surface area contributed by atoms with Crippen molar-refractivity contribution in [2.75, 3.05) is 0 Å². The molecule has 12 heavy (non-hydrogen) atoms. The van der Waals surface area contributed by atoms with Crippen molar-refractivity contribution in [1.29, 1.82) is 0 Å². The molecule has 0 aromatic carbocycles. The topological polar surface area (TPSA) is 53.5 Å². The maximum atomic E-state index is 10.8. The van der Waals surface area contributed by atoms with Crippen LogP contribution in [0.2, 0.25) is 0 Å². The Morgan fingerprint density at radius 3 is 2.58 bits per heavy atom.